The van der Waals surface area contributed by atoms with Crippen LogP contribution in [0.2, 0.25) is 0 Å². The number of thiophene rings is 1. The van der Waals surface area contributed by atoms with Gasteiger partial charge in [0.05, 0.1) is 6.54 Å². The summed E-state index contributed by atoms with van der Waals surface area (Å²) in [6, 6.07) is 7.04. The zero-order chi connectivity index (χ0) is 14.0. The standard InChI is InChI=1S/C15H17NO2S/c1-9-4-5-12(7-14(9)17)15(18)16-8-13-6-10(2)11(3)19-13/h4-7,17H,8H2,1-3H3,(H,16,18). The number of nitrogens with one attached hydrogen (secondary N) is 1. The molecule has 1 amide bonds. The van der Waals surface area contributed by atoms with Crippen LogP contribution >= 0.6 is 11.3 Å². The first-order valence-electron chi connectivity index (χ1n) is 6.11. The number of rotatable bonds is 3. The fraction of sp³-hybridized carbons (Fsp3) is 0.267. The van der Waals surface area contributed by atoms with Crippen molar-refractivity contribution in [3.63, 3.8) is 0 Å². The van der Waals surface area contributed by atoms with Crippen LogP contribution in [0.5, 0.6) is 5.75 Å². The van der Waals surface area contributed by atoms with Crippen LogP contribution in [-0.4, -0.2) is 11.0 Å². The highest BCUT2D eigenvalue weighted by Crippen LogP contribution is 2.21. The van der Waals surface area contributed by atoms with Crippen LogP contribution in [0.25, 0.3) is 0 Å². The summed E-state index contributed by atoms with van der Waals surface area (Å²) < 4.78 is 0. The number of aryl methyl sites for hydroxylation is 3. The van der Waals surface area contributed by atoms with Crippen LogP contribution in [0.1, 0.15) is 31.2 Å². The Morgan fingerprint density at radius 3 is 2.53 bits per heavy atom. The lowest BCUT2D eigenvalue weighted by molar-refractivity contribution is 0.0951. The van der Waals surface area contributed by atoms with Crippen molar-refractivity contribution in [2.75, 3.05) is 0 Å². The number of hydrogen-bond acceptors (Lipinski definition) is 3. The quantitative estimate of drug-likeness (QED) is 0.903. The van der Waals surface area contributed by atoms with Gasteiger partial charge in [-0.2, -0.15) is 0 Å². The lowest BCUT2D eigenvalue weighted by Crippen LogP contribution is -2.22. The Hall–Kier alpha value is -1.81. The number of hydrogen-bond donors (Lipinski definition) is 2. The molecule has 2 N–H and O–H groups in total. The maximum Gasteiger partial charge on any atom is 0.251 e. The SMILES string of the molecule is Cc1ccc(C(=O)NCc2cc(C)c(C)s2)cc1O. The number of carbonyl (C=O) groups excluding carboxylic acids is 1. The molecule has 4 heteroatoms. The van der Waals surface area contributed by atoms with Gasteiger partial charge in [-0.1, -0.05) is 6.07 Å². The highest BCUT2D eigenvalue weighted by Gasteiger charge is 2.08. The van der Waals surface area contributed by atoms with Gasteiger partial charge in [0.2, 0.25) is 0 Å². The zero-order valence-electron chi connectivity index (χ0n) is 11.3. The first-order valence-corrected chi connectivity index (χ1v) is 6.92. The highest BCUT2D eigenvalue weighted by molar-refractivity contribution is 7.12. The molecule has 1 aromatic heterocycles. The van der Waals surface area contributed by atoms with E-state index in [1.165, 1.54) is 16.5 Å². The Morgan fingerprint density at radius 2 is 1.95 bits per heavy atom. The summed E-state index contributed by atoms with van der Waals surface area (Å²) in [6.07, 6.45) is 0. The molecule has 0 aliphatic heterocycles. The van der Waals surface area contributed by atoms with Crippen molar-refractivity contribution in [2.24, 2.45) is 0 Å². The average molecular weight is 275 g/mol. The summed E-state index contributed by atoms with van der Waals surface area (Å²) >= 11 is 1.69. The minimum atomic E-state index is -0.168. The van der Waals surface area contributed by atoms with E-state index < -0.39 is 0 Å². The maximum absolute atomic E-state index is 12.0. The smallest absolute Gasteiger partial charge is 0.251 e. The number of amides is 1. The molecule has 0 saturated heterocycles. The molecule has 0 unspecified atom stereocenters. The molecule has 1 aromatic carbocycles. The minimum absolute atomic E-state index is 0.149. The van der Waals surface area contributed by atoms with E-state index in [1.807, 2.05) is 0 Å². The molecule has 0 atom stereocenters. The van der Waals surface area contributed by atoms with Gasteiger partial charge in [0.25, 0.3) is 5.91 Å². The molecule has 0 fully saturated rings. The van der Waals surface area contributed by atoms with E-state index >= 15 is 0 Å². The molecule has 1 heterocycles. The average Bonchev–Trinajstić information content (AvgIpc) is 2.69. The lowest BCUT2D eigenvalue weighted by Gasteiger charge is -2.05. The molecule has 0 saturated carbocycles. The third kappa shape index (κ3) is 3.15. The maximum atomic E-state index is 12.0. The normalized spacial score (nSPS) is 10.5. The molecule has 100 valence electrons. The van der Waals surface area contributed by atoms with Crippen molar-refractivity contribution in [1.29, 1.82) is 0 Å². The molecule has 3 nitrogen and oxygen atoms in total. The largest absolute Gasteiger partial charge is 0.508 e. The summed E-state index contributed by atoms with van der Waals surface area (Å²) in [6.45, 7) is 6.46. The van der Waals surface area contributed by atoms with Crippen molar-refractivity contribution in [3.05, 3.63) is 50.7 Å². The number of aromatic hydroxyl groups is 1. The molecule has 0 bridgehead atoms. The third-order valence-electron chi connectivity index (χ3n) is 3.11. The van der Waals surface area contributed by atoms with Crippen molar-refractivity contribution < 1.29 is 9.90 Å². The number of carbonyl (C=O) groups is 1. The molecule has 0 spiro atoms. The summed E-state index contributed by atoms with van der Waals surface area (Å²) in [5.41, 5.74) is 2.50. The Balaban J connectivity index is 2.03. The summed E-state index contributed by atoms with van der Waals surface area (Å²) in [4.78, 5) is 14.4. The summed E-state index contributed by atoms with van der Waals surface area (Å²) in [5.74, 6) is -0.0190. The second-order valence-corrected chi connectivity index (χ2v) is 5.98. The Bertz CT molecular complexity index is 597. The zero-order valence-corrected chi connectivity index (χ0v) is 12.1. The second-order valence-electron chi connectivity index (χ2n) is 4.64. The van der Waals surface area contributed by atoms with E-state index in [9.17, 15) is 9.90 Å². The predicted octanol–water partition coefficient (Wildman–Crippen LogP) is 3.31. The van der Waals surface area contributed by atoms with Crippen LogP contribution in [0.4, 0.5) is 0 Å². The first-order chi connectivity index (χ1) is 8.97. The van der Waals surface area contributed by atoms with E-state index in [0.29, 0.717) is 12.1 Å². The first kappa shape index (κ1) is 13.6. The van der Waals surface area contributed by atoms with Gasteiger partial charge in [-0.05, 0) is 50.1 Å². The minimum Gasteiger partial charge on any atom is -0.508 e. The van der Waals surface area contributed by atoms with Gasteiger partial charge < -0.3 is 10.4 Å². The van der Waals surface area contributed by atoms with Crippen molar-refractivity contribution in [2.45, 2.75) is 27.3 Å². The molecular formula is C15H17NO2S. The fourth-order valence-electron chi connectivity index (χ4n) is 1.76. The Labute approximate surface area is 116 Å². The van der Waals surface area contributed by atoms with E-state index in [4.69, 9.17) is 0 Å². The lowest BCUT2D eigenvalue weighted by atomic mass is 10.1. The van der Waals surface area contributed by atoms with E-state index in [2.05, 4.69) is 25.2 Å². The van der Waals surface area contributed by atoms with Crippen molar-refractivity contribution in [3.8, 4) is 5.75 Å². The van der Waals surface area contributed by atoms with E-state index in [0.717, 1.165) is 10.4 Å². The van der Waals surface area contributed by atoms with Crippen molar-refractivity contribution in [1.82, 2.24) is 5.32 Å². The number of phenolic OH excluding ortho intramolecular Hbond substituents is 1. The third-order valence-corrected chi connectivity index (χ3v) is 4.26. The van der Waals surface area contributed by atoms with Crippen LogP contribution in [0.15, 0.2) is 24.3 Å². The van der Waals surface area contributed by atoms with Crippen LogP contribution in [-0.2, 0) is 6.54 Å². The Morgan fingerprint density at radius 1 is 1.21 bits per heavy atom. The highest BCUT2D eigenvalue weighted by atomic mass is 32.1. The Kier molecular flexibility index (Phi) is 3.90. The van der Waals surface area contributed by atoms with E-state index in [1.54, 1.807) is 30.4 Å². The molecule has 19 heavy (non-hydrogen) atoms. The van der Waals surface area contributed by atoms with Crippen LogP contribution < -0.4 is 5.32 Å². The number of phenols is 1. The molecule has 0 aliphatic carbocycles. The van der Waals surface area contributed by atoms with Gasteiger partial charge in [-0.25, -0.2) is 0 Å². The van der Waals surface area contributed by atoms with Gasteiger partial charge in [-0.3, -0.25) is 4.79 Å². The van der Waals surface area contributed by atoms with Gasteiger partial charge in [-0.15, -0.1) is 11.3 Å². The fourth-order valence-corrected chi connectivity index (χ4v) is 2.75. The predicted molar refractivity (Wildman–Crippen MR) is 77.8 cm³/mol. The second kappa shape index (κ2) is 5.45. The monoisotopic (exact) mass is 275 g/mol. The van der Waals surface area contributed by atoms with Gasteiger partial charge in [0.15, 0.2) is 0 Å². The summed E-state index contributed by atoms with van der Waals surface area (Å²) in [7, 11) is 0. The molecule has 0 aliphatic rings. The van der Waals surface area contributed by atoms with Gasteiger partial charge in [0, 0.05) is 15.3 Å². The van der Waals surface area contributed by atoms with Crippen LogP contribution in [0.3, 0.4) is 0 Å². The molecule has 0 radical (unpaired) electrons. The van der Waals surface area contributed by atoms with Crippen molar-refractivity contribution >= 4 is 17.2 Å². The van der Waals surface area contributed by atoms with Crippen LogP contribution in [0, 0.1) is 20.8 Å². The summed E-state index contributed by atoms with van der Waals surface area (Å²) in [5, 5.41) is 12.5. The molecule has 2 aromatic rings. The van der Waals surface area contributed by atoms with Gasteiger partial charge in [0.1, 0.15) is 5.75 Å². The molecule has 2 rings (SSSR count). The molecular weight excluding hydrogens is 258 g/mol. The topological polar surface area (TPSA) is 49.3 Å². The van der Waals surface area contributed by atoms with Gasteiger partial charge >= 0.3 is 0 Å². The van der Waals surface area contributed by atoms with E-state index in [-0.39, 0.29) is 11.7 Å². The number of benzene rings is 1.